The summed E-state index contributed by atoms with van der Waals surface area (Å²) < 4.78 is 5.21. The first-order valence-corrected chi connectivity index (χ1v) is 6.58. The minimum absolute atomic E-state index is 0.413. The number of carbonyl (C=O) groups is 1. The summed E-state index contributed by atoms with van der Waals surface area (Å²) in [5.74, 6) is -1.18. The predicted octanol–water partition coefficient (Wildman–Crippen LogP) is 1.71. The molecule has 1 aliphatic carbocycles. The molecule has 0 bridgehead atoms. The topological polar surface area (TPSA) is 71.5 Å². The number of ether oxygens (including phenoxy) is 1. The highest BCUT2D eigenvalue weighted by molar-refractivity contribution is 7.15. The van der Waals surface area contributed by atoms with Crippen molar-refractivity contribution < 1.29 is 14.6 Å². The molecule has 1 unspecified atom stereocenters. The molecule has 1 aromatic rings. The van der Waals surface area contributed by atoms with Crippen molar-refractivity contribution in [2.24, 2.45) is 0 Å². The van der Waals surface area contributed by atoms with Crippen LogP contribution in [0, 0.1) is 0 Å². The Bertz CT molecular complexity index is 405. The van der Waals surface area contributed by atoms with Gasteiger partial charge in [0.05, 0.1) is 12.3 Å². The number of nitrogens with zero attached hydrogens (tertiary/aromatic N) is 1. The van der Waals surface area contributed by atoms with Gasteiger partial charge in [0.25, 0.3) is 0 Å². The van der Waals surface area contributed by atoms with Crippen LogP contribution in [-0.2, 0) is 16.0 Å². The molecule has 2 rings (SSSR count). The van der Waals surface area contributed by atoms with E-state index in [0.717, 1.165) is 22.1 Å². The molecule has 1 heterocycles. The molecule has 5 nitrogen and oxygen atoms in total. The molecule has 0 fully saturated rings. The highest BCUT2D eigenvalue weighted by atomic mass is 32.1. The standard InChI is InChI=1S/C11H16N2O3S/c1-2-16-6-5-12-11-13-9-7(10(14)15)3-4-8(9)17-11/h7H,2-6H2,1H3,(H,12,13)(H,14,15). The van der Waals surface area contributed by atoms with Crippen LogP contribution in [0.2, 0.25) is 0 Å². The van der Waals surface area contributed by atoms with Gasteiger partial charge in [-0.25, -0.2) is 4.98 Å². The Kier molecular flexibility index (Phi) is 3.96. The Hall–Kier alpha value is -1.14. The molecule has 1 aliphatic rings. The Labute approximate surface area is 104 Å². The monoisotopic (exact) mass is 256 g/mol. The van der Waals surface area contributed by atoms with Crippen LogP contribution in [0.4, 0.5) is 5.13 Å². The van der Waals surface area contributed by atoms with Gasteiger partial charge in [-0.15, -0.1) is 11.3 Å². The number of aliphatic carboxylic acids is 1. The van der Waals surface area contributed by atoms with Crippen LogP contribution >= 0.6 is 11.3 Å². The van der Waals surface area contributed by atoms with Gasteiger partial charge >= 0.3 is 5.97 Å². The average molecular weight is 256 g/mol. The molecule has 6 heteroatoms. The Morgan fingerprint density at radius 2 is 2.53 bits per heavy atom. The van der Waals surface area contributed by atoms with Gasteiger partial charge in [-0.3, -0.25) is 4.79 Å². The Balaban J connectivity index is 1.94. The van der Waals surface area contributed by atoms with Gasteiger partial charge < -0.3 is 15.2 Å². The van der Waals surface area contributed by atoms with Crippen molar-refractivity contribution >= 4 is 22.4 Å². The van der Waals surface area contributed by atoms with Gasteiger partial charge in [-0.2, -0.15) is 0 Å². The minimum atomic E-state index is -0.769. The summed E-state index contributed by atoms with van der Waals surface area (Å²) in [5.41, 5.74) is 0.751. The van der Waals surface area contributed by atoms with Gasteiger partial charge in [0.1, 0.15) is 5.92 Å². The number of fused-ring (bicyclic) bond motifs is 1. The van der Waals surface area contributed by atoms with Crippen LogP contribution in [0.5, 0.6) is 0 Å². The van der Waals surface area contributed by atoms with Crippen LogP contribution in [0.25, 0.3) is 0 Å². The molecule has 0 saturated heterocycles. The summed E-state index contributed by atoms with van der Waals surface area (Å²) >= 11 is 1.56. The zero-order valence-electron chi connectivity index (χ0n) is 9.73. The number of carboxylic acid groups (broad SMARTS) is 1. The fourth-order valence-electron chi connectivity index (χ4n) is 1.92. The Morgan fingerprint density at radius 1 is 1.71 bits per heavy atom. The van der Waals surface area contributed by atoms with E-state index >= 15 is 0 Å². The minimum Gasteiger partial charge on any atom is -0.481 e. The second kappa shape index (κ2) is 5.46. The maximum Gasteiger partial charge on any atom is 0.312 e. The molecular formula is C11H16N2O3S. The third-order valence-corrected chi connectivity index (χ3v) is 3.83. The zero-order valence-corrected chi connectivity index (χ0v) is 10.5. The van der Waals surface area contributed by atoms with Crippen LogP contribution < -0.4 is 5.32 Å². The zero-order chi connectivity index (χ0) is 12.3. The highest BCUT2D eigenvalue weighted by Crippen LogP contribution is 2.38. The maximum absolute atomic E-state index is 11.0. The lowest BCUT2D eigenvalue weighted by Gasteiger charge is -2.03. The molecular weight excluding hydrogens is 240 g/mol. The van der Waals surface area contributed by atoms with E-state index in [0.29, 0.717) is 26.2 Å². The summed E-state index contributed by atoms with van der Waals surface area (Å²) in [7, 11) is 0. The van der Waals surface area contributed by atoms with Crippen molar-refractivity contribution in [2.75, 3.05) is 25.1 Å². The van der Waals surface area contributed by atoms with Crippen molar-refractivity contribution in [2.45, 2.75) is 25.7 Å². The molecule has 0 aromatic carbocycles. The van der Waals surface area contributed by atoms with Gasteiger partial charge in [0.15, 0.2) is 5.13 Å². The van der Waals surface area contributed by atoms with E-state index in [2.05, 4.69) is 10.3 Å². The van der Waals surface area contributed by atoms with E-state index in [9.17, 15) is 4.79 Å². The van der Waals surface area contributed by atoms with E-state index in [1.165, 1.54) is 0 Å². The largest absolute Gasteiger partial charge is 0.481 e. The number of carboxylic acids is 1. The molecule has 0 spiro atoms. The molecule has 1 atom stereocenters. The van der Waals surface area contributed by atoms with Crippen molar-refractivity contribution in [3.8, 4) is 0 Å². The molecule has 2 N–H and O–H groups in total. The third-order valence-electron chi connectivity index (χ3n) is 2.74. The van der Waals surface area contributed by atoms with E-state index < -0.39 is 11.9 Å². The quantitative estimate of drug-likeness (QED) is 0.758. The number of anilines is 1. The summed E-state index contributed by atoms with van der Waals surface area (Å²) in [6, 6.07) is 0. The SMILES string of the molecule is CCOCCNc1nc2c(s1)CCC2C(=O)O. The van der Waals surface area contributed by atoms with E-state index in [-0.39, 0.29) is 0 Å². The molecule has 0 aliphatic heterocycles. The first kappa shape index (κ1) is 12.3. The molecule has 0 amide bonds. The summed E-state index contributed by atoms with van der Waals surface area (Å²) in [6.45, 7) is 4.01. The van der Waals surface area contributed by atoms with Crippen LogP contribution in [-0.4, -0.2) is 35.8 Å². The predicted molar refractivity (Wildman–Crippen MR) is 65.8 cm³/mol. The lowest BCUT2D eigenvalue weighted by Crippen LogP contribution is -2.11. The number of hydrogen-bond donors (Lipinski definition) is 2. The number of aromatic nitrogens is 1. The number of hydrogen-bond acceptors (Lipinski definition) is 5. The van der Waals surface area contributed by atoms with Gasteiger partial charge in [0, 0.05) is 18.0 Å². The lowest BCUT2D eigenvalue weighted by molar-refractivity contribution is -0.138. The molecule has 1 aromatic heterocycles. The van der Waals surface area contributed by atoms with E-state index in [4.69, 9.17) is 9.84 Å². The number of rotatable bonds is 6. The normalized spacial score (nSPS) is 18.1. The van der Waals surface area contributed by atoms with Gasteiger partial charge in [-0.1, -0.05) is 0 Å². The summed E-state index contributed by atoms with van der Waals surface area (Å²) in [5, 5.41) is 13.0. The van der Waals surface area contributed by atoms with E-state index in [1.807, 2.05) is 6.92 Å². The number of thiazole rings is 1. The van der Waals surface area contributed by atoms with Crippen molar-refractivity contribution in [1.29, 1.82) is 0 Å². The smallest absolute Gasteiger partial charge is 0.312 e. The van der Waals surface area contributed by atoms with Crippen LogP contribution in [0.3, 0.4) is 0 Å². The van der Waals surface area contributed by atoms with Crippen molar-refractivity contribution in [1.82, 2.24) is 4.98 Å². The second-order valence-corrected chi connectivity index (χ2v) is 4.96. The molecule has 0 saturated carbocycles. The number of nitrogens with one attached hydrogen (secondary N) is 1. The molecule has 17 heavy (non-hydrogen) atoms. The Morgan fingerprint density at radius 3 is 3.24 bits per heavy atom. The fourth-order valence-corrected chi connectivity index (χ4v) is 2.98. The maximum atomic E-state index is 11.0. The van der Waals surface area contributed by atoms with Crippen LogP contribution in [0.15, 0.2) is 0 Å². The number of aryl methyl sites for hydroxylation is 1. The fraction of sp³-hybridized carbons (Fsp3) is 0.636. The van der Waals surface area contributed by atoms with Gasteiger partial charge in [-0.05, 0) is 19.8 Å². The van der Waals surface area contributed by atoms with E-state index in [1.54, 1.807) is 11.3 Å². The average Bonchev–Trinajstić information content (AvgIpc) is 2.82. The summed E-state index contributed by atoms with van der Waals surface area (Å²) in [4.78, 5) is 16.5. The highest BCUT2D eigenvalue weighted by Gasteiger charge is 2.32. The van der Waals surface area contributed by atoms with Crippen molar-refractivity contribution in [3.05, 3.63) is 10.6 Å². The van der Waals surface area contributed by atoms with Crippen LogP contribution in [0.1, 0.15) is 29.8 Å². The second-order valence-electron chi connectivity index (χ2n) is 3.88. The lowest BCUT2D eigenvalue weighted by atomic mass is 10.1. The third kappa shape index (κ3) is 2.76. The summed E-state index contributed by atoms with van der Waals surface area (Å²) in [6.07, 6.45) is 1.51. The first-order valence-electron chi connectivity index (χ1n) is 5.76. The van der Waals surface area contributed by atoms with Gasteiger partial charge in [0.2, 0.25) is 0 Å². The first-order chi connectivity index (χ1) is 8.22. The van der Waals surface area contributed by atoms with Crippen molar-refractivity contribution in [3.63, 3.8) is 0 Å². The molecule has 0 radical (unpaired) electrons. The molecule has 94 valence electrons.